The molecule has 0 fully saturated rings. The molecule has 3 N–H and O–H groups in total. The van der Waals surface area contributed by atoms with E-state index in [1.807, 2.05) is 61.5 Å². The molecule has 0 bridgehead atoms. The fourth-order valence-electron chi connectivity index (χ4n) is 6.62. The van der Waals surface area contributed by atoms with Gasteiger partial charge in [-0.25, -0.2) is 4.79 Å². The normalized spacial score (nSPS) is 14.8. The monoisotopic (exact) mass is 759 g/mol. The van der Waals surface area contributed by atoms with Crippen LogP contribution in [-0.4, -0.2) is 35.5 Å². The summed E-state index contributed by atoms with van der Waals surface area (Å²) >= 11 is 2.82. The molecule has 0 aliphatic heterocycles. The van der Waals surface area contributed by atoms with E-state index in [1.54, 1.807) is 55.5 Å². The zero-order chi connectivity index (χ0) is 38.4. The Morgan fingerprint density at radius 3 is 2.41 bits per heavy atom. The number of benzene rings is 4. The van der Waals surface area contributed by atoms with Gasteiger partial charge >= 0.3 is 5.97 Å². The van der Waals surface area contributed by atoms with Crippen molar-refractivity contribution in [3.63, 3.8) is 0 Å². The molecule has 278 valence electrons. The summed E-state index contributed by atoms with van der Waals surface area (Å²) in [6.07, 6.45) is 4.30. The Balaban J connectivity index is 1.19. The van der Waals surface area contributed by atoms with Gasteiger partial charge in [0, 0.05) is 21.0 Å². The van der Waals surface area contributed by atoms with Crippen LogP contribution in [0.3, 0.4) is 0 Å². The molecular formula is C44H45N3O5S2. The maximum Gasteiger partial charge on any atom is 0.341 e. The SMILES string of the molecule is CCOC(=O)c1c(NC(=O)C(C)Sc2cccc(NC(=O)/C(=C\c3cccc4ccccc34)NC(=O)c3ccccc3)c2)sc2c1CCC(C(C)(C)C)C2. The van der Waals surface area contributed by atoms with Crippen LogP contribution in [0.25, 0.3) is 16.8 Å². The van der Waals surface area contributed by atoms with Crippen molar-refractivity contribution in [3.8, 4) is 0 Å². The van der Waals surface area contributed by atoms with E-state index in [4.69, 9.17) is 4.74 Å². The maximum absolute atomic E-state index is 13.9. The van der Waals surface area contributed by atoms with E-state index in [1.165, 1.54) is 23.1 Å². The minimum Gasteiger partial charge on any atom is -0.462 e. The van der Waals surface area contributed by atoms with Gasteiger partial charge in [-0.3, -0.25) is 14.4 Å². The third kappa shape index (κ3) is 9.12. The topological polar surface area (TPSA) is 114 Å². The fourth-order valence-corrected chi connectivity index (χ4v) is 8.87. The lowest BCUT2D eigenvalue weighted by Crippen LogP contribution is -2.30. The summed E-state index contributed by atoms with van der Waals surface area (Å²) in [6, 6.07) is 29.6. The van der Waals surface area contributed by atoms with E-state index in [9.17, 15) is 19.2 Å². The van der Waals surface area contributed by atoms with E-state index in [-0.39, 0.29) is 23.6 Å². The maximum atomic E-state index is 13.9. The van der Waals surface area contributed by atoms with Gasteiger partial charge in [0.1, 0.15) is 10.7 Å². The van der Waals surface area contributed by atoms with Crippen LogP contribution in [0.2, 0.25) is 0 Å². The number of esters is 1. The highest BCUT2D eigenvalue weighted by Crippen LogP contribution is 2.45. The highest BCUT2D eigenvalue weighted by atomic mass is 32.2. The van der Waals surface area contributed by atoms with Crippen LogP contribution in [0, 0.1) is 11.3 Å². The number of carbonyl (C=O) groups is 4. The van der Waals surface area contributed by atoms with Crippen LogP contribution < -0.4 is 16.0 Å². The molecule has 1 aliphatic carbocycles. The number of ether oxygens (including phenoxy) is 1. The van der Waals surface area contributed by atoms with Gasteiger partial charge in [-0.05, 0) is 103 Å². The number of rotatable bonds is 11. The Morgan fingerprint density at radius 2 is 1.65 bits per heavy atom. The lowest BCUT2D eigenvalue weighted by Gasteiger charge is -2.33. The zero-order valence-electron chi connectivity index (χ0n) is 31.2. The molecule has 2 unspecified atom stereocenters. The Kier molecular flexibility index (Phi) is 12.0. The van der Waals surface area contributed by atoms with Crippen molar-refractivity contribution in [1.82, 2.24) is 5.32 Å². The number of thiophene rings is 1. The minimum atomic E-state index is -0.528. The standard InChI is InChI=1S/C44H45N3O5S2/c1-6-52-43(51)38-35-23-22-31(44(3,4)5)25-37(35)54-42(38)47-39(48)27(2)53-33-20-13-19-32(26-33)45-41(50)36(46-40(49)29-15-8-7-9-16-29)24-30-18-12-17-28-14-10-11-21-34(28)30/h7-21,24,26-27,31H,6,22-23,25H2,1-5H3,(H,45,50)(H,46,49)(H,47,48)/b36-24+. The van der Waals surface area contributed by atoms with Crippen molar-refractivity contribution in [2.45, 2.75) is 64.0 Å². The van der Waals surface area contributed by atoms with Gasteiger partial charge in [-0.1, -0.05) is 87.5 Å². The average molecular weight is 760 g/mol. The Bertz CT molecular complexity index is 2220. The molecular weight excluding hydrogens is 715 g/mol. The largest absolute Gasteiger partial charge is 0.462 e. The van der Waals surface area contributed by atoms with Gasteiger partial charge in [-0.15, -0.1) is 23.1 Å². The average Bonchev–Trinajstić information content (AvgIpc) is 3.52. The summed E-state index contributed by atoms with van der Waals surface area (Å²) in [6.45, 7) is 10.6. The predicted molar refractivity (Wildman–Crippen MR) is 220 cm³/mol. The zero-order valence-corrected chi connectivity index (χ0v) is 32.8. The fraction of sp³-hybridized carbons (Fsp3) is 0.273. The van der Waals surface area contributed by atoms with Gasteiger partial charge in [0.25, 0.3) is 11.8 Å². The van der Waals surface area contributed by atoms with Gasteiger partial charge in [-0.2, -0.15) is 0 Å². The van der Waals surface area contributed by atoms with Crippen LogP contribution in [0.15, 0.2) is 108 Å². The number of hydrogen-bond acceptors (Lipinski definition) is 7. The molecule has 6 rings (SSSR count). The second-order valence-corrected chi connectivity index (χ2v) is 16.9. The molecule has 0 saturated carbocycles. The van der Waals surface area contributed by atoms with Crippen LogP contribution in [0.1, 0.15) is 77.8 Å². The first-order valence-corrected chi connectivity index (χ1v) is 19.9. The Hall–Kier alpha value is -5.19. The number of thioether (sulfide) groups is 1. The summed E-state index contributed by atoms with van der Waals surface area (Å²) in [4.78, 5) is 55.8. The first kappa shape index (κ1) is 38.5. The molecule has 54 heavy (non-hydrogen) atoms. The number of amides is 3. The van der Waals surface area contributed by atoms with E-state index >= 15 is 0 Å². The summed E-state index contributed by atoms with van der Waals surface area (Å²) in [5, 5.41) is 10.8. The third-order valence-electron chi connectivity index (χ3n) is 9.63. The first-order chi connectivity index (χ1) is 25.9. The van der Waals surface area contributed by atoms with Crippen LogP contribution in [0.4, 0.5) is 10.7 Å². The second kappa shape index (κ2) is 16.9. The molecule has 0 radical (unpaired) electrons. The smallest absolute Gasteiger partial charge is 0.341 e. The van der Waals surface area contributed by atoms with Crippen LogP contribution >= 0.6 is 23.1 Å². The lowest BCUT2D eigenvalue weighted by atomic mass is 9.72. The molecule has 4 aromatic carbocycles. The molecule has 1 heterocycles. The predicted octanol–water partition coefficient (Wildman–Crippen LogP) is 9.76. The molecule has 0 spiro atoms. The molecule has 2 atom stereocenters. The van der Waals surface area contributed by atoms with Crippen molar-refractivity contribution in [3.05, 3.63) is 130 Å². The third-order valence-corrected chi connectivity index (χ3v) is 11.9. The van der Waals surface area contributed by atoms with Crippen LogP contribution in [0.5, 0.6) is 0 Å². The number of anilines is 2. The van der Waals surface area contributed by atoms with Gasteiger partial charge in [0.2, 0.25) is 5.91 Å². The highest BCUT2D eigenvalue weighted by Gasteiger charge is 2.35. The lowest BCUT2D eigenvalue weighted by molar-refractivity contribution is -0.115. The molecule has 1 aromatic heterocycles. The summed E-state index contributed by atoms with van der Waals surface area (Å²) in [5.41, 5.74) is 3.39. The molecule has 5 aromatic rings. The second-order valence-electron chi connectivity index (χ2n) is 14.4. The first-order valence-electron chi connectivity index (χ1n) is 18.2. The molecule has 0 saturated heterocycles. The summed E-state index contributed by atoms with van der Waals surface area (Å²) in [5.74, 6) is -1.07. The molecule has 8 nitrogen and oxygen atoms in total. The highest BCUT2D eigenvalue weighted by molar-refractivity contribution is 8.00. The van der Waals surface area contributed by atoms with E-state index in [0.717, 1.165) is 50.9 Å². The number of carbonyl (C=O) groups excluding carboxylic acids is 4. The van der Waals surface area contributed by atoms with Crippen molar-refractivity contribution >= 4 is 74.3 Å². The number of fused-ring (bicyclic) bond motifs is 2. The van der Waals surface area contributed by atoms with Crippen molar-refractivity contribution in [1.29, 1.82) is 0 Å². The van der Waals surface area contributed by atoms with Crippen molar-refractivity contribution in [2.75, 3.05) is 17.2 Å². The van der Waals surface area contributed by atoms with E-state index < -0.39 is 23.0 Å². The van der Waals surface area contributed by atoms with Crippen LogP contribution in [-0.2, 0) is 27.2 Å². The van der Waals surface area contributed by atoms with Crippen molar-refractivity contribution < 1.29 is 23.9 Å². The van der Waals surface area contributed by atoms with E-state index in [0.29, 0.717) is 27.7 Å². The quantitative estimate of drug-likeness (QED) is 0.0702. The Morgan fingerprint density at radius 1 is 0.926 bits per heavy atom. The van der Waals surface area contributed by atoms with Gasteiger partial charge in [0.15, 0.2) is 0 Å². The van der Waals surface area contributed by atoms with Crippen molar-refractivity contribution in [2.24, 2.45) is 11.3 Å². The van der Waals surface area contributed by atoms with Gasteiger partial charge in [0.05, 0.1) is 17.4 Å². The summed E-state index contributed by atoms with van der Waals surface area (Å²) < 4.78 is 5.43. The molecule has 10 heteroatoms. The number of hydrogen-bond donors (Lipinski definition) is 3. The number of nitrogens with one attached hydrogen (secondary N) is 3. The molecule has 3 amide bonds. The Labute approximate surface area is 324 Å². The van der Waals surface area contributed by atoms with E-state index in [2.05, 4.69) is 36.7 Å². The summed E-state index contributed by atoms with van der Waals surface area (Å²) in [7, 11) is 0. The molecule has 1 aliphatic rings. The van der Waals surface area contributed by atoms with Gasteiger partial charge < -0.3 is 20.7 Å². The minimum absolute atomic E-state index is 0.0795.